The lowest BCUT2D eigenvalue weighted by atomic mass is 10.1. The molecule has 0 radical (unpaired) electrons. The molecule has 1 saturated carbocycles. The van der Waals surface area contributed by atoms with E-state index in [-0.39, 0.29) is 17.9 Å². The van der Waals surface area contributed by atoms with Crippen LogP contribution in [0.4, 0.5) is 0 Å². The molecule has 2 N–H and O–H groups in total. The second-order valence-corrected chi connectivity index (χ2v) is 7.07. The van der Waals surface area contributed by atoms with Gasteiger partial charge in [-0.05, 0) is 49.3 Å². The van der Waals surface area contributed by atoms with Crippen molar-refractivity contribution in [3.05, 3.63) is 29.3 Å². The van der Waals surface area contributed by atoms with Gasteiger partial charge in [-0.15, -0.1) is 11.8 Å². The van der Waals surface area contributed by atoms with Crippen molar-refractivity contribution in [2.75, 3.05) is 12.3 Å². The fourth-order valence-electron chi connectivity index (χ4n) is 2.54. The summed E-state index contributed by atoms with van der Waals surface area (Å²) in [6.07, 6.45) is 4.13. The van der Waals surface area contributed by atoms with Gasteiger partial charge in [-0.3, -0.25) is 4.79 Å². The van der Waals surface area contributed by atoms with E-state index in [1.54, 1.807) is 11.8 Å². The Balaban J connectivity index is 1.55. The molecule has 0 aliphatic heterocycles. The van der Waals surface area contributed by atoms with E-state index in [4.69, 9.17) is 11.6 Å². The number of benzene rings is 1. The van der Waals surface area contributed by atoms with Crippen molar-refractivity contribution < 1.29 is 9.90 Å². The van der Waals surface area contributed by atoms with Crippen molar-refractivity contribution >= 4 is 29.3 Å². The van der Waals surface area contributed by atoms with Crippen molar-refractivity contribution in [3.8, 4) is 0 Å². The van der Waals surface area contributed by atoms with Crippen LogP contribution in [-0.2, 0) is 4.79 Å². The summed E-state index contributed by atoms with van der Waals surface area (Å²) in [5.41, 5.74) is 0. The first-order valence-corrected chi connectivity index (χ1v) is 8.84. The van der Waals surface area contributed by atoms with Gasteiger partial charge in [0.05, 0.1) is 6.10 Å². The summed E-state index contributed by atoms with van der Waals surface area (Å²) in [6.45, 7) is 0.615. The van der Waals surface area contributed by atoms with E-state index in [0.29, 0.717) is 13.0 Å². The minimum absolute atomic E-state index is 0.0887. The number of aliphatic hydroxyl groups excluding tert-OH is 1. The zero-order valence-corrected chi connectivity index (χ0v) is 13.6. The zero-order chi connectivity index (χ0) is 15.1. The molecule has 3 nitrogen and oxygen atoms in total. The van der Waals surface area contributed by atoms with E-state index >= 15 is 0 Å². The van der Waals surface area contributed by atoms with E-state index in [1.165, 1.54) is 4.90 Å². The van der Waals surface area contributed by atoms with Gasteiger partial charge < -0.3 is 10.4 Å². The number of nitrogens with one attached hydrogen (secondary N) is 1. The fraction of sp³-hybridized carbons (Fsp3) is 0.562. The van der Waals surface area contributed by atoms with Crippen LogP contribution in [-0.4, -0.2) is 29.4 Å². The molecule has 116 valence electrons. The average Bonchev–Trinajstić information content (AvgIpc) is 2.89. The molecule has 2 unspecified atom stereocenters. The molecule has 1 aliphatic rings. The van der Waals surface area contributed by atoms with E-state index in [1.807, 2.05) is 24.3 Å². The van der Waals surface area contributed by atoms with Crippen LogP contribution in [0.25, 0.3) is 0 Å². The van der Waals surface area contributed by atoms with Gasteiger partial charge in [-0.1, -0.05) is 18.0 Å². The van der Waals surface area contributed by atoms with Crippen LogP contribution >= 0.6 is 23.4 Å². The third-order valence-corrected chi connectivity index (χ3v) is 5.16. The molecular formula is C16H22ClNO2S. The monoisotopic (exact) mass is 327 g/mol. The molecule has 0 heterocycles. The largest absolute Gasteiger partial charge is 0.393 e. The number of carbonyl (C=O) groups excluding carboxylic acids is 1. The molecule has 1 amide bonds. The standard InChI is InChI=1S/C16H22ClNO2S/c17-13-6-8-14(9-7-13)21-10-2-5-16(20)18-11-12-3-1-4-15(12)19/h6-9,12,15,19H,1-5,10-11H2,(H,18,20). The molecule has 1 aromatic carbocycles. The zero-order valence-electron chi connectivity index (χ0n) is 12.1. The quantitative estimate of drug-likeness (QED) is 0.595. The lowest BCUT2D eigenvalue weighted by molar-refractivity contribution is -0.121. The van der Waals surface area contributed by atoms with Crippen molar-refractivity contribution in [1.29, 1.82) is 0 Å². The molecule has 5 heteroatoms. The van der Waals surface area contributed by atoms with Gasteiger partial charge >= 0.3 is 0 Å². The summed E-state index contributed by atoms with van der Waals surface area (Å²) >= 11 is 7.57. The van der Waals surface area contributed by atoms with Crippen LogP contribution in [0.1, 0.15) is 32.1 Å². The Bertz CT molecular complexity index is 452. The topological polar surface area (TPSA) is 49.3 Å². The van der Waals surface area contributed by atoms with Gasteiger partial charge in [-0.25, -0.2) is 0 Å². The maximum absolute atomic E-state index is 11.7. The summed E-state index contributed by atoms with van der Waals surface area (Å²) in [5.74, 6) is 1.25. The number of amides is 1. The van der Waals surface area contributed by atoms with E-state index in [2.05, 4.69) is 5.32 Å². The van der Waals surface area contributed by atoms with E-state index < -0.39 is 0 Å². The number of halogens is 1. The first-order valence-electron chi connectivity index (χ1n) is 7.48. The van der Waals surface area contributed by atoms with Crippen molar-refractivity contribution in [3.63, 3.8) is 0 Å². The number of hydrogen-bond donors (Lipinski definition) is 2. The highest BCUT2D eigenvalue weighted by Crippen LogP contribution is 2.24. The maximum atomic E-state index is 11.7. The summed E-state index contributed by atoms with van der Waals surface area (Å²) in [4.78, 5) is 12.9. The van der Waals surface area contributed by atoms with E-state index in [0.717, 1.165) is 36.5 Å². The van der Waals surface area contributed by atoms with Crippen molar-refractivity contribution in [2.24, 2.45) is 5.92 Å². The van der Waals surface area contributed by atoms with Gasteiger partial charge in [0.15, 0.2) is 0 Å². The van der Waals surface area contributed by atoms with Crippen LogP contribution in [0.3, 0.4) is 0 Å². The summed E-state index contributed by atoms with van der Waals surface area (Å²) in [7, 11) is 0. The minimum atomic E-state index is -0.231. The van der Waals surface area contributed by atoms with Crippen molar-refractivity contribution in [2.45, 2.75) is 43.1 Å². The highest BCUT2D eigenvalue weighted by atomic mass is 35.5. The average molecular weight is 328 g/mol. The molecule has 1 fully saturated rings. The minimum Gasteiger partial charge on any atom is -0.393 e. The molecule has 0 saturated heterocycles. The number of rotatable bonds is 7. The number of hydrogen-bond acceptors (Lipinski definition) is 3. The predicted octanol–water partition coefficient (Wildman–Crippen LogP) is 3.49. The highest BCUT2D eigenvalue weighted by Gasteiger charge is 2.25. The second kappa shape index (κ2) is 8.66. The van der Waals surface area contributed by atoms with Crippen LogP contribution in [0.2, 0.25) is 5.02 Å². The molecule has 2 atom stereocenters. The Morgan fingerprint density at radius 2 is 2.10 bits per heavy atom. The molecular weight excluding hydrogens is 306 g/mol. The van der Waals surface area contributed by atoms with Crippen LogP contribution < -0.4 is 5.32 Å². The van der Waals surface area contributed by atoms with Gasteiger partial charge in [0.25, 0.3) is 0 Å². The SMILES string of the molecule is O=C(CCCSc1ccc(Cl)cc1)NCC1CCCC1O. The molecule has 21 heavy (non-hydrogen) atoms. The Morgan fingerprint density at radius 1 is 1.33 bits per heavy atom. The lowest BCUT2D eigenvalue weighted by Crippen LogP contribution is -2.32. The third kappa shape index (κ3) is 5.89. The highest BCUT2D eigenvalue weighted by molar-refractivity contribution is 7.99. The number of carbonyl (C=O) groups is 1. The normalized spacial score (nSPS) is 21.4. The lowest BCUT2D eigenvalue weighted by Gasteiger charge is -2.14. The Morgan fingerprint density at radius 3 is 2.76 bits per heavy atom. The van der Waals surface area contributed by atoms with Crippen molar-refractivity contribution in [1.82, 2.24) is 5.32 Å². The summed E-state index contributed by atoms with van der Waals surface area (Å²) in [6, 6.07) is 7.75. The number of aliphatic hydroxyl groups is 1. The van der Waals surface area contributed by atoms with Crippen LogP contribution in [0.5, 0.6) is 0 Å². The number of thioether (sulfide) groups is 1. The Kier molecular flexibility index (Phi) is 6.87. The first kappa shape index (κ1) is 16.7. The Hall–Kier alpha value is -0.710. The molecule has 2 rings (SSSR count). The fourth-order valence-corrected chi connectivity index (χ4v) is 3.52. The summed E-state index contributed by atoms with van der Waals surface area (Å²) < 4.78 is 0. The molecule has 1 aromatic rings. The predicted molar refractivity (Wildman–Crippen MR) is 87.8 cm³/mol. The first-order chi connectivity index (χ1) is 10.1. The van der Waals surface area contributed by atoms with Crippen LogP contribution in [0.15, 0.2) is 29.2 Å². The second-order valence-electron chi connectivity index (χ2n) is 5.47. The summed E-state index contributed by atoms with van der Waals surface area (Å²) in [5, 5.41) is 13.4. The third-order valence-electron chi connectivity index (χ3n) is 3.81. The van der Waals surface area contributed by atoms with Gasteiger partial charge in [0.2, 0.25) is 5.91 Å². The maximum Gasteiger partial charge on any atom is 0.220 e. The van der Waals surface area contributed by atoms with Gasteiger partial charge in [-0.2, -0.15) is 0 Å². The van der Waals surface area contributed by atoms with Gasteiger partial charge in [0.1, 0.15) is 0 Å². The van der Waals surface area contributed by atoms with Crippen LogP contribution in [0, 0.1) is 5.92 Å². The molecule has 0 spiro atoms. The van der Waals surface area contributed by atoms with E-state index in [9.17, 15) is 9.90 Å². The molecule has 0 bridgehead atoms. The van der Waals surface area contributed by atoms with Gasteiger partial charge in [0, 0.05) is 28.8 Å². The Labute approximate surface area is 135 Å². The molecule has 1 aliphatic carbocycles. The molecule has 0 aromatic heterocycles. The smallest absolute Gasteiger partial charge is 0.220 e.